The van der Waals surface area contributed by atoms with E-state index in [1.165, 1.54) is 24.5 Å². The van der Waals surface area contributed by atoms with Crippen molar-refractivity contribution >= 4 is 17.8 Å². The number of amides is 2. The maximum atomic E-state index is 12.8. The molecule has 1 aromatic heterocycles. The normalized spacial score (nSPS) is 12.4. The second kappa shape index (κ2) is 10.8. The molecule has 2 rings (SSSR count). The van der Waals surface area contributed by atoms with E-state index in [-0.39, 0.29) is 30.9 Å². The van der Waals surface area contributed by atoms with E-state index < -0.39 is 35.6 Å². The predicted molar refractivity (Wildman–Crippen MR) is 107 cm³/mol. The van der Waals surface area contributed by atoms with Gasteiger partial charge in [0, 0.05) is 18.8 Å². The van der Waals surface area contributed by atoms with Crippen LogP contribution in [-0.4, -0.2) is 43.9 Å². The Hall–Kier alpha value is -3.34. The lowest BCUT2D eigenvalue weighted by molar-refractivity contribution is -0.143. The average Bonchev–Trinajstić information content (AvgIpc) is 2.74. The number of imide groups is 1. The lowest BCUT2D eigenvalue weighted by Gasteiger charge is -2.26. The van der Waals surface area contributed by atoms with E-state index in [0.717, 1.165) is 18.3 Å². The van der Waals surface area contributed by atoms with E-state index in [4.69, 9.17) is 0 Å². The monoisotopic (exact) mass is 452 g/mol. The molecular formula is C21H23F3N4O4. The summed E-state index contributed by atoms with van der Waals surface area (Å²) in [4.78, 5) is 44.9. The zero-order chi connectivity index (χ0) is 23.9. The van der Waals surface area contributed by atoms with Crippen LogP contribution in [-0.2, 0) is 22.2 Å². The summed E-state index contributed by atoms with van der Waals surface area (Å²) in [6.07, 6.45) is -0.811. The third-order valence-corrected chi connectivity index (χ3v) is 4.43. The van der Waals surface area contributed by atoms with Gasteiger partial charge in [-0.25, -0.2) is 15.4 Å². The van der Waals surface area contributed by atoms with Gasteiger partial charge in [-0.05, 0) is 36.5 Å². The predicted octanol–water partition coefficient (Wildman–Crippen LogP) is 3.10. The molecule has 0 spiro atoms. The number of carbonyl (C=O) groups is 3. The molecule has 0 fully saturated rings. The largest absolute Gasteiger partial charge is 0.480 e. The summed E-state index contributed by atoms with van der Waals surface area (Å²) < 4.78 is 38.1. The smallest absolute Gasteiger partial charge is 0.416 e. The molecule has 1 aromatic carbocycles. The van der Waals surface area contributed by atoms with E-state index in [1.807, 2.05) is 0 Å². The molecule has 0 aliphatic heterocycles. The summed E-state index contributed by atoms with van der Waals surface area (Å²) >= 11 is 0. The van der Waals surface area contributed by atoms with Gasteiger partial charge in [-0.2, -0.15) is 13.2 Å². The molecule has 32 heavy (non-hydrogen) atoms. The van der Waals surface area contributed by atoms with Crippen LogP contribution in [0, 0.1) is 5.92 Å². The number of aryl methyl sites for hydroxylation is 1. The number of hydrogen-bond donors (Lipinski definition) is 2. The quantitative estimate of drug-likeness (QED) is 0.562. The molecule has 0 radical (unpaired) electrons. The molecule has 0 aliphatic rings. The summed E-state index contributed by atoms with van der Waals surface area (Å²) in [6, 6.07) is 3.09. The fraction of sp³-hybridized carbons (Fsp3) is 0.381. The summed E-state index contributed by atoms with van der Waals surface area (Å²) in [6.45, 7) is 3.58. The van der Waals surface area contributed by atoms with Crippen molar-refractivity contribution in [2.45, 2.75) is 45.3 Å². The van der Waals surface area contributed by atoms with E-state index in [9.17, 15) is 32.7 Å². The lowest BCUT2D eigenvalue weighted by atomic mass is 10.0. The average molecular weight is 452 g/mol. The molecule has 1 heterocycles. The maximum Gasteiger partial charge on any atom is 0.416 e. The minimum absolute atomic E-state index is 0.0423. The highest BCUT2D eigenvalue weighted by atomic mass is 19.4. The van der Waals surface area contributed by atoms with Gasteiger partial charge in [0.15, 0.2) is 0 Å². The van der Waals surface area contributed by atoms with Gasteiger partial charge in [0.2, 0.25) is 5.91 Å². The molecule has 2 aromatic rings. The first-order valence-electron chi connectivity index (χ1n) is 9.77. The second-order valence-corrected chi connectivity index (χ2v) is 7.47. The first-order valence-corrected chi connectivity index (χ1v) is 9.77. The number of carboxylic acids is 1. The Balaban J connectivity index is 2.19. The summed E-state index contributed by atoms with van der Waals surface area (Å²) in [5, 5.41) is 10.1. The van der Waals surface area contributed by atoms with Crippen molar-refractivity contribution < 1.29 is 32.7 Å². The summed E-state index contributed by atoms with van der Waals surface area (Å²) in [7, 11) is 0. The number of nitrogens with one attached hydrogen (secondary N) is 1. The SMILES string of the molecule is CC(C)C[C@H](NN(C(=O)CCc1ccc(C(F)(F)F)cc1)C(=O)c1cnccn1)C(=O)O. The van der Waals surface area contributed by atoms with Crippen LogP contribution in [0.2, 0.25) is 0 Å². The second-order valence-electron chi connectivity index (χ2n) is 7.47. The van der Waals surface area contributed by atoms with Crippen LogP contribution in [0.4, 0.5) is 13.2 Å². The van der Waals surface area contributed by atoms with Crippen molar-refractivity contribution in [3.63, 3.8) is 0 Å². The van der Waals surface area contributed by atoms with Crippen molar-refractivity contribution in [2.75, 3.05) is 0 Å². The lowest BCUT2D eigenvalue weighted by Crippen LogP contribution is -2.54. The fourth-order valence-electron chi connectivity index (χ4n) is 2.83. The number of aromatic nitrogens is 2. The van der Waals surface area contributed by atoms with Crippen molar-refractivity contribution in [3.8, 4) is 0 Å². The first-order chi connectivity index (χ1) is 15.0. The molecule has 0 saturated heterocycles. The van der Waals surface area contributed by atoms with Gasteiger partial charge in [0.1, 0.15) is 11.7 Å². The minimum Gasteiger partial charge on any atom is -0.480 e. The van der Waals surface area contributed by atoms with Crippen LogP contribution >= 0.6 is 0 Å². The van der Waals surface area contributed by atoms with Gasteiger partial charge in [-0.3, -0.25) is 19.4 Å². The van der Waals surface area contributed by atoms with Crippen LogP contribution in [0.1, 0.15) is 48.3 Å². The molecule has 0 saturated carbocycles. The van der Waals surface area contributed by atoms with Crippen molar-refractivity contribution in [1.29, 1.82) is 0 Å². The number of rotatable bonds is 9. The highest BCUT2D eigenvalue weighted by Gasteiger charge is 2.31. The van der Waals surface area contributed by atoms with E-state index >= 15 is 0 Å². The fourth-order valence-corrected chi connectivity index (χ4v) is 2.83. The Bertz CT molecular complexity index is 934. The molecule has 11 heteroatoms. The number of hydrazine groups is 1. The zero-order valence-electron chi connectivity index (χ0n) is 17.5. The van der Waals surface area contributed by atoms with Gasteiger partial charge in [-0.15, -0.1) is 0 Å². The number of aliphatic carboxylic acids is 1. The molecule has 0 bridgehead atoms. The third-order valence-electron chi connectivity index (χ3n) is 4.43. The maximum absolute atomic E-state index is 12.8. The topological polar surface area (TPSA) is 112 Å². The van der Waals surface area contributed by atoms with Crippen molar-refractivity contribution in [3.05, 3.63) is 59.7 Å². The number of carbonyl (C=O) groups excluding carboxylic acids is 2. The highest BCUT2D eigenvalue weighted by molar-refractivity contribution is 6.03. The molecule has 172 valence electrons. The number of alkyl halides is 3. The molecule has 2 N–H and O–H groups in total. The standard InChI is InChI=1S/C21H23F3N4O4/c1-13(2)11-16(20(31)32)27-28(19(30)17-12-25-9-10-26-17)18(29)8-5-14-3-6-15(7-4-14)21(22,23)24/h3-4,6-7,9-10,12-13,16,27H,5,8,11H2,1-2H3,(H,31,32)/t16-/m0/s1. The Labute approximate surface area is 182 Å². The van der Waals surface area contributed by atoms with E-state index in [0.29, 0.717) is 10.6 Å². The van der Waals surface area contributed by atoms with Gasteiger partial charge < -0.3 is 5.11 Å². The van der Waals surface area contributed by atoms with Crippen LogP contribution in [0.15, 0.2) is 42.9 Å². The zero-order valence-corrected chi connectivity index (χ0v) is 17.5. The van der Waals surface area contributed by atoms with E-state index in [2.05, 4.69) is 15.4 Å². The summed E-state index contributed by atoms with van der Waals surface area (Å²) in [5.74, 6) is -2.92. The van der Waals surface area contributed by atoms with E-state index in [1.54, 1.807) is 13.8 Å². The number of hydrogen-bond acceptors (Lipinski definition) is 6. The van der Waals surface area contributed by atoms with Gasteiger partial charge >= 0.3 is 12.1 Å². The Kier molecular flexibility index (Phi) is 8.41. The molecular weight excluding hydrogens is 429 g/mol. The van der Waals surface area contributed by atoms with Crippen molar-refractivity contribution in [2.24, 2.45) is 5.92 Å². The number of nitrogens with zero attached hydrogens (tertiary/aromatic N) is 3. The molecule has 1 atom stereocenters. The molecule has 2 amide bonds. The number of carboxylic acid groups (broad SMARTS) is 1. The van der Waals surface area contributed by atoms with Gasteiger partial charge in [0.25, 0.3) is 5.91 Å². The van der Waals surface area contributed by atoms with Gasteiger partial charge in [0.05, 0.1) is 11.8 Å². The third kappa shape index (κ3) is 7.12. The molecule has 0 aliphatic carbocycles. The van der Waals surface area contributed by atoms with Gasteiger partial charge in [-0.1, -0.05) is 26.0 Å². The minimum atomic E-state index is -4.47. The molecule has 0 unspecified atom stereocenters. The highest BCUT2D eigenvalue weighted by Crippen LogP contribution is 2.29. The number of halogens is 3. The Morgan fingerprint density at radius 1 is 1.12 bits per heavy atom. The van der Waals surface area contributed by atoms with Crippen LogP contribution < -0.4 is 5.43 Å². The Morgan fingerprint density at radius 3 is 2.28 bits per heavy atom. The summed E-state index contributed by atoms with van der Waals surface area (Å²) in [5.41, 5.74) is 1.94. The van der Waals surface area contributed by atoms with Crippen LogP contribution in [0.25, 0.3) is 0 Å². The van der Waals surface area contributed by atoms with Crippen LogP contribution in [0.5, 0.6) is 0 Å². The van der Waals surface area contributed by atoms with Crippen molar-refractivity contribution in [1.82, 2.24) is 20.4 Å². The number of benzene rings is 1. The van der Waals surface area contributed by atoms with Crippen LogP contribution in [0.3, 0.4) is 0 Å². The Morgan fingerprint density at radius 2 is 1.78 bits per heavy atom. The first kappa shape index (κ1) is 24.9. The molecule has 8 nitrogen and oxygen atoms in total.